The molecule has 46 heavy (non-hydrogen) atoms. The monoisotopic (exact) mass is 662 g/mol. The lowest BCUT2D eigenvalue weighted by Crippen LogP contribution is -2.44. The van der Waals surface area contributed by atoms with Gasteiger partial charge in [0, 0.05) is 77.4 Å². The minimum atomic E-state index is -4.55. The molecule has 2 aliphatic rings. The highest BCUT2D eigenvalue weighted by atomic mass is 32.2. The Bertz CT molecular complexity index is 1830. The van der Waals surface area contributed by atoms with Crippen molar-refractivity contribution in [2.75, 3.05) is 83.8 Å². The van der Waals surface area contributed by atoms with Crippen molar-refractivity contribution in [1.29, 1.82) is 0 Å². The van der Waals surface area contributed by atoms with Gasteiger partial charge in [0.25, 0.3) is 0 Å². The number of morpholine rings is 1. The number of aromatic nitrogens is 5. The molecule has 0 aliphatic carbocycles. The molecular weight excluding hydrogens is 625 g/mol. The molecule has 5 heterocycles. The summed E-state index contributed by atoms with van der Waals surface area (Å²) in [6.45, 7) is 6.85. The number of nitrogens with one attached hydrogen (secondary N) is 1. The van der Waals surface area contributed by atoms with Crippen LogP contribution in [0.1, 0.15) is 16.8 Å². The van der Waals surface area contributed by atoms with Gasteiger partial charge in [0.2, 0.25) is 0 Å². The van der Waals surface area contributed by atoms with Crippen LogP contribution in [-0.2, 0) is 27.7 Å². The average Bonchev–Trinajstić information content (AvgIpc) is 3.64. The molecular formula is C29H37F3N10O3S. The van der Waals surface area contributed by atoms with E-state index in [1.807, 2.05) is 16.8 Å². The first-order valence-corrected chi connectivity index (χ1v) is 16.3. The molecule has 0 spiro atoms. The SMILES string of the molecule is Cc1nc2c(-c3cn(S(=O)(=O)N(C)C)cn3)cc(N3CCOCC3)nn2c1Nc1cccc(C(F)(F)F)c1CN1CCN(C)CC1. The molecule has 17 heteroatoms. The molecule has 2 aliphatic heterocycles. The summed E-state index contributed by atoms with van der Waals surface area (Å²) in [6.07, 6.45) is -1.92. The van der Waals surface area contributed by atoms with Crippen molar-refractivity contribution in [1.82, 2.24) is 37.7 Å². The van der Waals surface area contributed by atoms with E-state index in [9.17, 15) is 21.6 Å². The molecule has 0 amide bonds. The summed E-state index contributed by atoms with van der Waals surface area (Å²) < 4.78 is 77.8. The average molecular weight is 663 g/mol. The number of halogens is 3. The Morgan fingerprint density at radius 1 is 1.07 bits per heavy atom. The molecule has 2 saturated heterocycles. The van der Waals surface area contributed by atoms with Crippen LogP contribution in [0.4, 0.5) is 30.5 Å². The van der Waals surface area contributed by atoms with E-state index in [0.29, 0.717) is 79.3 Å². The van der Waals surface area contributed by atoms with Crippen LogP contribution < -0.4 is 10.2 Å². The molecule has 0 radical (unpaired) electrons. The zero-order chi connectivity index (χ0) is 32.8. The van der Waals surface area contributed by atoms with Crippen molar-refractivity contribution in [3.63, 3.8) is 0 Å². The molecule has 0 atom stereocenters. The van der Waals surface area contributed by atoms with Crippen molar-refractivity contribution in [3.05, 3.63) is 53.6 Å². The number of hydrogen-bond acceptors (Lipinski definition) is 10. The number of rotatable bonds is 8. The van der Waals surface area contributed by atoms with Crippen LogP contribution in [0.3, 0.4) is 0 Å². The van der Waals surface area contributed by atoms with E-state index in [2.05, 4.69) is 15.2 Å². The molecule has 0 unspecified atom stereocenters. The largest absolute Gasteiger partial charge is 0.416 e. The van der Waals surface area contributed by atoms with E-state index >= 15 is 0 Å². The molecule has 3 aromatic heterocycles. The Morgan fingerprint density at radius 3 is 2.46 bits per heavy atom. The predicted octanol–water partition coefficient (Wildman–Crippen LogP) is 2.90. The Balaban J connectivity index is 1.47. The van der Waals surface area contributed by atoms with Gasteiger partial charge >= 0.3 is 16.4 Å². The van der Waals surface area contributed by atoms with Gasteiger partial charge in [0.15, 0.2) is 17.3 Å². The smallest absolute Gasteiger partial charge is 0.378 e. The third-order valence-corrected chi connectivity index (χ3v) is 10.0. The van der Waals surface area contributed by atoms with Crippen molar-refractivity contribution in [2.45, 2.75) is 19.6 Å². The number of aryl methyl sites for hydroxylation is 1. The molecule has 2 fully saturated rings. The minimum Gasteiger partial charge on any atom is -0.378 e. The Labute approximate surface area is 265 Å². The molecule has 6 rings (SSSR count). The van der Waals surface area contributed by atoms with E-state index in [1.54, 1.807) is 23.6 Å². The maximum absolute atomic E-state index is 14.3. The Kier molecular flexibility index (Phi) is 8.71. The van der Waals surface area contributed by atoms with E-state index < -0.39 is 21.9 Å². The lowest BCUT2D eigenvalue weighted by Gasteiger charge is -2.33. The van der Waals surface area contributed by atoms with Gasteiger partial charge in [-0.3, -0.25) is 4.90 Å². The molecule has 0 bridgehead atoms. The fourth-order valence-corrected chi connectivity index (χ4v) is 6.43. The molecule has 13 nitrogen and oxygen atoms in total. The van der Waals surface area contributed by atoms with Crippen LogP contribution in [0.25, 0.3) is 16.9 Å². The Hall–Kier alpha value is -3.77. The third kappa shape index (κ3) is 6.29. The van der Waals surface area contributed by atoms with Crippen LogP contribution in [0.5, 0.6) is 0 Å². The summed E-state index contributed by atoms with van der Waals surface area (Å²) >= 11 is 0. The summed E-state index contributed by atoms with van der Waals surface area (Å²) in [4.78, 5) is 15.4. The number of piperazine rings is 1. The van der Waals surface area contributed by atoms with Crippen LogP contribution in [0, 0.1) is 6.92 Å². The lowest BCUT2D eigenvalue weighted by molar-refractivity contribution is -0.138. The van der Waals surface area contributed by atoms with Gasteiger partial charge < -0.3 is 19.9 Å². The number of ether oxygens (including phenoxy) is 1. The number of fused-ring (bicyclic) bond motifs is 1. The first-order chi connectivity index (χ1) is 21.8. The fraction of sp³-hybridized carbons (Fsp3) is 0.483. The van der Waals surface area contributed by atoms with Crippen molar-refractivity contribution in [3.8, 4) is 11.3 Å². The maximum Gasteiger partial charge on any atom is 0.416 e. The topological polar surface area (TPSA) is 116 Å². The second-order valence-electron chi connectivity index (χ2n) is 11.7. The zero-order valence-electron chi connectivity index (χ0n) is 26.1. The second kappa shape index (κ2) is 12.4. The van der Waals surface area contributed by atoms with Gasteiger partial charge in [-0.2, -0.15) is 30.4 Å². The van der Waals surface area contributed by atoms with Crippen LogP contribution in [0.15, 0.2) is 36.8 Å². The zero-order valence-corrected chi connectivity index (χ0v) is 26.9. The van der Waals surface area contributed by atoms with Crippen molar-refractivity contribution in [2.24, 2.45) is 0 Å². The summed E-state index contributed by atoms with van der Waals surface area (Å²) in [6, 6.07) is 5.95. The molecule has 4 aromatic rings. The summed E-state index contributed by atoms with van der Waals surface area (Å²) in [5.74, 6) is 0.962. The van der Waals surface area contributed by atoms with Crippen LogP contribution in [-0.4, -0.2) is 120 Å². The van der Waals surface area contributed by atoms with Crippen molar-refractivity contribution >= 4 is 33.2 Å². The molecule has 0 saturated carbocycles. The van der Waals surface area contributed by atoms with E-state index in [1.165, 1.54) is 32.7 Å². The van der Waals surface area contributed by atoms with E-state index in [0.717, 1.165) is 27.4 Å². The highest BCUT2D eigenvalue weighted by Gasteiger charge is 2.35. The standard InChI is InChI=1S/C29H37F3N10O3S/c1-20-27(35-24-7-5-6-23(29(30,31)32)22(24)17-39-10-8-38(4)9-11-39)42-28(34-20)21(16-26(36-42)40-12-14-45-15-13-40)25-18-41(19-33-25)46(43,44)37(2)3/h5-7,16,18-19,35H,8-15,17H2,1-4H3. The van der Waals surface area contributed by atoms with Gasteiger partial charge in [-0.15, -0.1) is 5.10 Å². The summed E-state index contributed by atoms with van der Waals surface area (Å²) in [5, 5.41) is 8.13. The number of hydrogen-bond donors (Lipinski definition) is 1. The van der Waals surface area contributed by atoms with Gasteiger partial charge in [-0.25, -0.2) is 13.9 Å². The normalized spacial score (nSPS) is 17.3. The van der Waals surface area contributed by atoms with Gasteiger partial charge in [-0.1, -0.05) is 6.07 Å². The first-order valence-electron chi connectivity index (χ1n) is 14.9. The molecule has 1 aromatic carbocycles. The highest BCUT2D eigenvalue weighted by molar-refractivity contribution is 7.87. The van der Waals surface area contributed by atoms with Gasteiger partial charge in [0.05, 0.1) is 35.7 Å². The number of likely N-dealkylation sites (N-methyl/N-ethyl adjacent to an activating group) is 1. The van der Waals surface area contributed by atoms with Crippen molar-refractivity contribution < 1.29 is 26.3 Å². The van der Waals surface area contributed by atoms with Crippen LogP contribution in [0.2, 0.25) is 0 Å². The van der Waals surface area contributed by atoms with Gasteiger partial charge in [-0.05, 0) is 32.2 Å². The molecule has 248 valence electrons. The van der Waals surface area contributed by atoms with Crippen LogP contribution >= 0.6 is 0 Å². The minimum absolute atomic E-state index is 0.122. The second-order valence-corrected chi connectivity index (χ2v) is 13.8. The summed E-state index contributed by atoms with van der Waals surface area (Å²) in [7, 11) is 1.04. The number of benzene rings is 1. The van der Waals surface area contributed by atoms with E-state index in [-0.39, 0.29) is 12.1 Å². The summed E-state index contributed by atoms with van der Waals surface area (Å²) in [5.41, 5.74) is 1.48. The predicted molar refractivity (Wildman–Crippen MR) is 167 cm³/mol. The number of alkyl halides is 3. The van der Waals surface area contributed by atoms with E-state index in [4.69, 9.17) is 14.8 Å². The Morgan fingerprint density at radius 2 is 1.78 bits per heavy atom. The number of anilines is 3. The third-order valence-electron chi connectivity index (χ3n) is 8.36. The first kappa shape index (κ1) is 32.2. The quantitative estimate of drug-likeness (QED) is 0.302. The number of imidazole rings is 2. The number of nitrogens with zero attached hydrogens (tertiary/aromatic N) is 9. The maximum atomic E-state index is 14.3. The highest BCUT2D eigenvalue weighted by Crippen LogP contribution is 2.38. The molecule has 1 N–H and O–H groups in total. The fourth-order valence-electron chi connectivity index (χ4n) is 5.65. The van der Waals surface area contributed by atoms with Gasteiger partial charge in [0.1, 0.15) is 6.33 Å². The lowest BCUT2D eigenvalue weighted by atomic mass is 10.0.